The van der Waals surface area contributed by atoms with E-state index < -0.39 is 21.7 Å². The van der Waals surface area contributed by atoms with E-state index in [1.54, 1.807) is 6.92 Å². The van der Waals surface area contributed by atoms with Crippen molar-refractivity contribution in [1.82, 2.24) is 0 Å². The first-order valence-corrected chi connectivity index (χ1v) is 6.18. The van der Waals surface area contributed by atoms with Gasteiger partial charge in [-0.2, -0.15) is 21.6 Å². The van der Waals surface area contributed by atoms with Crippen LogP contribution < -0.4 is 0 Å². The van der Waals surface area contributed by atoms with Gasteiger partial charge in [0.2, 0.25) is 0 Å². The Balaban J connectivity index is 4.59. The predicted octanol–water partition coefficient (Wildman–Crippen LogP) is 2.99. The zero-order valence-corrected chi connectivity index (χ0v) is 10.2. The van der Waals surface area contributed by atoms with E-state index in [9.17, 15) is 21.6 Å². The number of halogens is 3. The lowest BCUT2D eigenvalue weighted by molar-refractivity contribution is -0.0555. The standard InChI is InChI=1S/C9H15F3O3S/c1-4-5-7(2)6-8(3)15-16(13,14)9(10,11)12/h6,8H,4-5H2,1-3H3/t8-/m1/s1. The van der Waals surface area contributed by atoms with Crippen LogP contribution in [0.3, 0.4) is 0 Å². The Morgan fingerprint density at radius 2 is 1.94 bits per heavy atom. The van der Waals surface area contributed by atoms with Gasteiger partial charge < -0.3 is 0 Å². The summed E-state index contributed by atoms with van der Waals surface area (Å²) in [5, 5.41) is 0. The summed E-state index contributed by atoms with van der Waals surface area (Å²) in [6, 6.07) is 0. The Hall–Kier alpha value is -0.560. The van der Waals surface area contributed by atoms with E-state index in [-0.39, 0.29) is 0 Å². The van der Waals surface area contributed by atoms with E-state index in [4.69, 9.17) is 0 Å². The van der Waals surface area contributed by atoms with E-state index in [2.05, 4.69) is 4.18 Å². The lowest BCUT2D eigenvalue weighted by Crippen LogP contribution is -2.28. The average Bonchev–Trinajstić information content (AvgIpc) is 1.99. The van der Waals surface area contributed by atoms with Gasteiger partial charge in [0.05, 0.1) is 6.10 Å². The van der Waals surface area contributed by atoms with Gasteiger partial charge in [-0.15, -0.1) is 0 Å². The van der Waals surface area contributed by atoms with Gasteiger partial charge in [-0.3, -0.25) is 4.18 Å². The van der Waals surface area contributed by atoms with Crippen molar-refractivity contribution in [3.8, 4) is 0 Å². The van der Waals surface area contributed by atoms with E-state index >= 15 is 0 Å². The van der Waals surface area contributed by atoms with Crippen molar-refractivity contribution in [3.63, 3.8) is 0 Å². The van der Waals surface area contributed by atoms with Crippen molar-refractivity contribution in [2.75, 3.05) is 0 Å². The molecule has 0 aromatic rings. The molecule has 96 valence electrons. The Morgan fingerprint density at radius 3 is 2.31 bits per heavy atom. The van der Waals surface area contributed by atoms with E-state index in [1.807, 2.05) is 6.92 Å². The normalized spacial score (nSPS) is 16.2. The Morgan fingerprint density at radius 1 is 1.44 bits per heavy atom. The van der Waals surface area contributed by atoms with Crippen molar-refractivity contribution < 1.29 is 25.8 Å². The smallest absolute Gasteiger partial charge is 0.256 e. The van der Waals surface area contributed by atoms with Gasteiger partial charge in [-0.25, -0.2) is 0 Å². The van der Waals surface area contributed by atoms with Crippen molar-refractivity contribution in [1.29, 1.82) is 0 Å². The third-order valence-corrected chi connectivity index (χ3v) is 2.85. The highest BCUT2D eigenvalue weighted by Crippen LogP contribution is 2.26. The summed E-state index contributed by atoms with van der Waals surface area (Å²) < 4.78 is 61.1. The molecule has 0 radical (unpaired) electrons. The Bertz CT molecular complexity index is 344. The van der Waals surface area contributed by atoms with Crippen LogP contribution in [0.1, 0.15) is 33.6 Å². The van der Waals surface area contributed by atoms with Crippen LogP contribution >= 0.6 is 0 Å². The van der Waals surface area contributed by atoms with Crippen LogP contribution in [0.2, 0.25) is 0 Å². The summed E-state index contributed by atoms with van der Waals surface area (Å²) in [5.74, 6) is 0. The summed E-state index contributed by atoms with van der Waals surface area (Å²) in [4.78, 5) is 0. The summed E-state index contributed by atoms with van der Waals surface area (Å²) in [6.07, 6.45) is 1.78. The molecule has 0 aliphatic heterocycles. The fourth-order valence-electron chi connectivity index (χ4n) is 1.16. The minimum absolute atomic E-state index is 0.694. The maximum Gasteiger partial charge on any atom is 0.523 e. The molecule has 0 fully saturated rings. The maximum atomic E-state index is 11.9. The lowest BCUT2D eigenvalue weighted by Gasteiger charge is -2.12. The second-order valence-corrected chi connectivity index (χ2v) is 5.03. The molecule has 0 saturated carbocycles. The van der Waals surface area contributed by atoms with Crippen LogP contribution in [-0.4, -0.2) is 20.0 Å². The van der Waals surface area contributed by atoms with E-state index in [0.717, 1.165) is 12.0 Å². The number of alkyl halides is 3. The third kappa shape index (κ3) is 4.98. The van der Waals surface area contributed by atoms with Gasteiger partial charge in [-0.1, -0.05) is 25.0 Å². The third-order valence-electron chi connectivity index (χ3n) is 1.73. The first-order chi connectivity index (χ1) is 7.10. The molecule has 1 atom stereocenters. The molecular weight excluding hydrogens is 245 g/mol. The fraction of sp³-hybridized carbons (Fsp3) is 0.778. The van der Waals surface area contributed by atoms with Gasteiger partial charge in [0, 0.05) is 0 Å². The summed E-state index contributed by atoms with van der Waals surface area (Å²) >= 11 is 0. The fourth-order valence-corrected chi connectivity index (χ4v) is 1.72. The molecule has 0 N–H and O–H groups in total. The number of allylic oxidation sites excluding steroid dienone is 1. The maximum absolute atomic E-state index is 11.9. The minimum atomic E-state index is -5.50. The van der Waals surface area contributed by atoms with Crippen molar-refractivity contribution >= 4 is 10.1 Å². The molecular formula is C9H15F3O3S. The van der Waals surface area contributed by atoms with Crippen LogP contribution in [0.25, 0.3) is 0 Å². The van der Waals surface area contributed by atoms with Crippen molar-refractivity contribution in [2.24, 2.45) is 0 Å². The second kappa shape index (κ2) is 5.67. The first kappa shape index (κ1) is 15.4. The molecule has 0 rings (SSSR count). The SMILES string of the molecule is CCCC(C)=C[C@@H](C)OS(=O)(=O)C(F)(F)F. The van der Waals surface area contributed by atoms with Crippen molar-refractivity contribution in [3.05, 3.63) is 11.6 Å². The molecule has 0 unspecified atom stereocenters. The molecule has 0 saturated heterocycles. The highest BCUT2D eigenvalue weighted by molar-refractivity contribution is 7.87. The van der Waals surface area contributed by atoms with E-state index in [1.165, 1.54) is 13.0 Å². The van der Waals surface area contributed by atoms with Crippen LogP contribution in [-0.2, 0) is 14.3 Å². The topological polar surface area (TPSA) is 43.4 Å². The van der Waals surface area contributed by atoms with Crippen LogP contribution in [0.15, 0.2) is 11.6 Å². The summed E-state index contributed by atoms with van der Waals surface area (Å²) in [5.41, 5.74) is -4.57. The molecule has 7 heteroatoms. The molecule has 0 bridgehead atoms. The molecule has 0 aromatic heterocycles. The summed E-state index contributed by atoms with van der Waals surface area (Å²) in [7, 11) is -5.50. The molecule has 0 aliphatic rings. The van der Waals surface area contributed by atoms with Gasteiger partial charge in [0.25, 0.3) is 0 Å². The Kier molecular flexibility index (Phi) is 5.48. The molecule has 16 heavy (non-hydrogen) atoms. The van der Waals surface area contributed by atoms with Crippen LogP contribution in [0.5, 0.6) is 0 Å². The zero-order chi connectivity index (χ0) is 13.0. The summed E-state index contributed by atoms with van der Waals surface area (Å²) in [6.45, 7) is 4.88. The second-order valence-electron chi connectivity index (χ2n) is 3.46. The minimum Gasteiger partial charge on any atom is -0.256 e. The van der Waals surface area contributed by atoms with E-state index in [0.29, 0.717) is 6.42 Å². The molecule has 3 nitrogen and oxygen atoms in total. The van der Waals surface area contributed by atoms with Gasteiger partial charge in [0.1, 0.15) is 0 Å². The lowest BCUT2D eigenvalue weighted by atomic mass is 10.1. The van der Waals surface area contributed by atoms with Gasteiger partial charge in [-0.05, 0) is 20.3 Å². The highest BCUT2D eigenvalue weighted by Gasteiger charge is 2.47. The molecule has 0 heterocycles. The van der Waals surface area contributed by atoms with Crippen LogP contribution in [0.4, 0.5) is 13.2 Å². The largest absolute Gasteiger partial charge is 0.523 e. The molecule has 0 aliphatic carbocycles. The van der Waals surface area contributed by atoms with Crippen molar-refractivity contribution in [2.45, 2.75) is 45.2 Å². The monoisotopic (exact) mass is 260 g/mol. The van der Waals surface area contributed by atoms with Crippen LogP contribution in [0, 0.1) is 0 Å². The quantitative estimate of drug-likeness (QED) is 0.433. The highest BCUT2D eigenvalue weighted by atomic mass is 32.2. The number of hydrogen-bond acceptors (Lipinski definition) is 3. The van der Waals surface area contributed by atoms with Gasteiger partial charge in [0.15, 0.2) is 0 Å². The average molecular weight is 260 g/mol. The molecule has 0 spiro atoms. The number of rotatable bonds is 5. The molecule has 0 amide bonds. The Labute approximate surface area is 93.4 Å². The first-order valence-electron chi connectivity index (χ1n) is 4.77. The van der Waals surface area contributed by atoms with Gasteiger partial charge >= 0.3 is 15.6 Å². The number of hydrogen-bond donors (Lipinski definition) is 0. The zero-order valence-electron chi connectivity index (χ0n) is 9.34. The predicted molar refractivity (Wildman–Crippen MR) is 54.2 cm³/mol. The molecule has 0 aromatic carbocycles.